The normalized spacial score (nSPS) is 14.2. The van der Waals surface area contributed by atoms with Crippen LogP contribution >= 0.6 is 11.3 Å². The molecule has 0 spiro atoms. The Morgan fingerprint density at radius 3 is 2.36 bits per heavy atom. The van der Waals surface area contributed by atoms with Gasteiger partial charge in [-0.05, 0) is 65.0 Å². The largest absolute Gasteiger partial charge is 0.481 e. The van der Waals surface area contributed by atoms with Crippen LogP contribution < -0.4 is 5.32 Å². The first-order valence-electron chi connectivity index (χ1n) is 13.2. The van der Waals surface area contributed by atoms with E-state index in [1.165, 1.54) is 24.0 Å². The molecule has 7 nitrogen and oxygen atoms in total. The molecule has 39 heavy (non-hydrogen) atoms. The van der Waals surface area contributed by atoms with Crippen molar-refractivity contribution in [1.29, 1.82) is 0 Å². The smallest absolute Gasteiger partial charge is 0.348 e. The van der Waals surface area contributed by atoms with Crippen LogP contribution in [0.3, 0.4) is 0 Å². The second-order valence-corrected chi connectivity index (χ2v) is 12.1. The van der Waals surface area contributed by atoms with Gasteiger partial charge >= 0.3 is 18.0 Å². The van der Waals surface area contributed by atoms with Gasteiger partial charge in [-0.1, -0.05) is 63.2 Å². The summed E-state index contributed by atoms with van der Waals surface area (Å²) in [7, 11) is 1.32. The number of rotatable bonds is 7. The van der Waals surface area contributed by atoms with Crippen molar-refractivity contribution in [3.05, 3.63) is 76.2 Å². The van der Waals surface area contributed by atoms with Gasteiger partial charge in [0.25, 0.3) is 0 Å². The molecule has 2 heterocycles. The maximum atomic E-state index is 12.7. The zero-order chi connectivity index (χ0) is 28.2. The van der Waals surface area contributed by atoms with Gasteiger partial charge in [-0.15, -0.1) is 11.3 Å². The average Bonchev–Trinajstić information content (AvgIpc) is 3.28. The zero-order valence-electron chi connectivity index (χ0n) is 23.0. The monoisotopic (exact) mass is 548 g/mol. The molecule has 4 rings (SSSR count). The van der Waals surface area contributed by atoms with Crippen molar-refractivity contribution < 1.29 is 24.2 Å². The summed E-state index contributed by atoms with van der Waals surface area (Å²) in [6.45, 7) is 7.54. The molecule has 1 aliphatic rings. The van der Waals surface area contributed by atoms with Gasteiger partial charge in [-0.25, -0.2) is 9.59 Å². The predicted octanol–water partition coefficient (Wildman–Crippen LogP) is 6.61. The quantitative estimate of drug-likeness (QED) is 0.324. The Morgan fingerprint density at radius 1 is 1.05 bits per heavy atom. The van der Waals surface area contributed by atoms with Gasteiger partial charge in [0.2, 0.25) is 0 Å². The van der Waals surface area contributed by atoms with E-state index in [2.05, 4.69) is 17.4 Å². The number of urea groups is 1. The first kappa shape index (κ1) is 28.4. The summed E-state index contributed by atoms with van der Waals surface area (Å²) in [5.74, 6) is -1.03. The fourth-order valence-corrected chi connectivity index (χ4v) is 6.72. The second kappa shape index (κ2) is 12.0. The number of ether oxygens (including phenoxy) is 1. The summed E-state index contributed by atoms with van der Waals surface area (Å²) in [6, 6.07) is 17.7. The van der Waals surface area contributed by atoms with Gasteiger partial charge in [-0.3, -0.25) is 4.79 Å². The van der Waals surface area contributed by atoms with E-state index in [4.69, 9.17) is 4.74 Å². The Hall–Kier alpha value is -3.65. The summed E-state index contributed by atoms with van der Waals surface area (Å²) < 4.78 is 5.00. The van der Waals surface area contributed by atoms with Crippen LogP contribution in [-0.4, -0.2) is 48.2 Å². The number of carbonyl (C=O) groups is 3. The standard InChI is InChI=1S/C31H36N2O5S/c1-31(2,3)26-24(19-25(34)35)28(29(36)38-4)39-27(26)22-10-8-9-21(18-22)17-20-13-15-33(16-14-20)30(37)32-23-11-6-5-7-12-23/h5-12,18,20H,13-17,19H2,1-4H3,(H,32,37)(H,34,35). The zero-order valence-corrected chi connectivity index (χ0v) is 23.8. The molecule has 1 aromatic heterocycles. The fraction of sp³-hybridized carbons (Fsp3) is 0.387. The molecule has 0 unspecified atom stereocenters. The number of hydrogen-bond donors (Lipinski definition) is 2. The van der Waals surface area contributed by atoms with Crippen molar-refractivity contribution >= 4 is 35.0 Å². The lowest BCUT2D eigenvalue weighted by Gasteiger charge is -2.32. The van der Waals surface area contributed by atoms with Crippen LogP contribution in [0.1, 0.15) is 60.0 Å². The van der Waals surface area contributed by atoms with Crippen LogP contribution in [0.25, 0.3) is 10.4 Å². The third kappa shape index (κ3) is 6.87. The van der Waals surface area contributed by atoms with Gasteiger partial charge in [-0.2, -0.15) is 0 Å². The number of methoxy groups -OCH3 is 1. The number of hydrogen-bond acceptors (Lipinski definition) is 5. The number of piperidine rings is 1. The average molecular weight is 549 g/mol. The molecule has 1 saturated heterocycles. The van der Waals surface area contributed by atoms with Crippen molar-refractivity contribution in [3.8, 4) is 10.4 Å². The molecule has 0 atom stereocenters. The molecule has 8 heteroatoms. The minimum atomic E-state index is -0.979. The lowest BCUT2D eigenvalue weighted by molar-refractivity contribution is -0.136. The summed E-state index contributed by atoms with van der Waals surface area (Å²) in [5.41, 5.74) is 4.01. The van der Waals surface area contributed by atoms with Crippen molar-refractivity contribution in [1.82, 2.24) is 4.90 Å². The number of esters is 1. The number of amides is 2. The summed E-state index contributed by atoms with van der Waals surface area (Å²) >= 11 is 1.31. The molecular formula is C31H36N2O5S. The number of thiophene rings is 1. The first-order valence-corrected chi connectivity index (χ1v) is 14.0. The van der Waals surface area contributed by atoms with Crippen molar-refractivity contribution in [2.75, 3.05) is 25.5 Å². The molecule has 2 N–H and O–H groups in total. The van der Waals surface area contributed by atoms with Gasteiger partial charge < -0.3 is 20.1 Å². The van der Waals surface area contributed by atoms with E-state index in [-0.39, 0.29) is 17.9 Å². The molecular weight excluding hydrogens is 512 g/mol. The highest BCUT2D eigenvalue weighted by Crippen LogP contribution is 2.44. The molecule has 1 aliphatic heterocycles. The molecule has 2 aromatic carbocycles. The maximum absolute atomic E-state index is 12.7. The third-order valence-electron chi connectivity index (χ3n) is 7.10. The predicted molar refractivity (Wildman–Crippen MR) is 155 cm³/mol. The highest BCUT2D eigenvalue weighted by Gasteiger charge is 2.32. The summed E-state index contributed by atoms with van der Waals surface area (Å²) in [5, 5.41) is 12.6. The fourth-order valence-electron chi connectivity index (χ4n) is 5.28. The minimum absolute atomic E-state index is 0.0624. The maximum Gasteiger partial charge on any atom is 0.348 e. The number of likely N-dealkylation sites (tertiary alicyclic amines) is 1. The molecule has 3 aromatic rings. The molecule has 0 saturated carbocycles. The third-order valence-corrected chi connectivity index (χ3v) is 8.36. The molecule has 2 amide bonds. The Bertz CT molecular complexity index is 1330. The van der Waals surface area contributed by atoms with Crippen LogP contribution in [0.5, 0.6) is 0 Å². The van der Waals surface area contributed by atoms with Gasteiger partial charge in [0, 0.05) is 23.7 Å². The lowest BCUT2D eigenvalue weighted by atomic mass is 9.81. The highest BCUT2D eigenvalue weighted by atomic mass is 32.1. The number of carboxylic acid groups (broad SMARTS) is 1. The number of carbonyl (C=O) groups excluding carboxylic acids is 2. The number of aliphatic carboxylic acids is 1. The van der Waals surface area contributed by atoms with Crippen LogP contribution in [-0.2, 0) is 27.8 Å². The van der Waals surface area contributed by atoms with Crippen molar-refractivity contribution in [2.45, 2.75) is 51.9 Å². The lowest BCUT2D eigenvalue weighted by Crippen LogP contribution is -2.41. The van der Waals surface area contributed by atoms with E-state index >= 15 is 0 Å². The second-order valence-electron chi connectivity index (χ2n) is 11.1. The Kier molecular flexibility index (Phi) is 8.75. The highest BCUT2D eigenvalue weighted by molar-refractivity contribution is 7.17. The number of carboxylic acids is 1. The van der Waals surface area contributed by atoms with E-state index in [0.717, 1.165) is 41.0 Å². The van der Waals surface area contributed by atoms with E-state index in [1.54, 1.807) is 0 Å². The van der Waals surface area contributed by atoms with Crippen molar-refractivity contribution in [2.24, 2.45) is 5.92 Å². The molecule has 206 valence electrons. The molecule has 1 fully saturated rings. The van der Waals surface area contributed by atoms with E-state index in [0.29, 0.717) is 29.4 Å². The van der Waals surface area contributed by atoms with E-state index < -0.39 is 11.9 Å². The molecule has 0 bridgehead atoms. The van der Waals surface area contributed by atoms with E-state index in [1.807, 2.05) is 68.1 Å². The van der Waals surface area contributed by atoms with Gasteiger partial charge in [0.15, 0.2) is 0 Å². The number of benzene rings is 2. The number of nitrogens with zero attached hydrogens (tertiary/aromatic N) is 1. The van der Waals surface area contributed by atoms with E-state index in [9.17, 15) is 19.5 Å². The van der Waals surface area contributed by atoms with Crippen LogP contribution in [0.15, 0.2) is 54.6 Å². The number of nitrogens with one attached hydrogen (secondary N) is 1. The molecule has 0 aliphatic carbocycles. The Morgan fingerprint density at radius 2 is 1.74 bits per heavy atom. The summed E-state index contributed by atoms with van der Waals surface area (Å²) in [6.07, 6.45) is 2.51. The number of para-hydroxylation sites is 1. The van der Waals surface area contributed by atoms with Gasteiger partial charge in [0.1, 0.15) is 4.88 Å². The first-order chi connectivity index (χ1) is 18.6. The topological polar surface area (TPSA) is 95.9 Å². The molecule has 0 radical (unpaired) electrons. The van der Waals surface area contributed by atoms with Crippen LogP contribution in [0.2, 0.25) is 0 Å². The summed E-state index contributed by atoms with van der Waals surface area (Å²) in [4.78, 5) is 40.1. The Labute approximate surface area is 233 Å². The Balaban J connectivity index is 1.51. The minimum Gasteiger partial charge on any atom is -0.481 e. The van der Waals surface area contributed by atoms with Crippen LogP contribution in [0.4, 0.5) is 10.5 Å². The van der Waals surface area contributed by atoms with Crippen LogP contribution in [0, 0.1) is 5.92 Å². The van der Waals surface area contributed by atoms with Crippen molar-refractivity contribution in [3.63, 3.8) is 0 Å². The number of anilines is 1. The van der Waals surface area contributed by atoms with Gasteiger partial charge in [0.05, 0.1) is 13.5 Å². The SMILES string of the molecule is COC(=O)c1sc(-c2cccc(CC3CCN(C(=O)Nc4ccccc4)CC3)c2)c(C(C)(C)C)c1CC(=O)O.